The second-order valence-electron chi connectivity index (χ2n) is 5.65. The van der Waals surface area contributed by atoms with Crippen molar-refractivity contribution in [1.82, 2.24) is 4.98 Å². The van der Waals surface area contributed by atoms with Gasteiger partial charge in [0.2, 0.25) is 0 Å². The lowest BCUT2D eigenvalue weighted by Crippen LogP contribution is -2.12. The molecule has 1 amide bonds. The van der Waals surface area contributed by atoms with Crippen LogP contribution in [0.3, 0.4) is 0 Å². The molecule has 5 heteroatoms. The molecule has 0 fully saturated rings. The molecule has 0 atom stereocenters. The van der Waals surface area contributed by atoms with E-state index in [0.29, 0.717) is 17.0 Å². The molecule has 3 rings (SSSR count). The molecule has 0 aliphatic rings. The largest absolute Gasteiger partial charge is 0.508 e. The van der Waals surface area contributed by atoms with Crippen LogP contribution in [0.5, 0.6) is 11.5 Å². The molecular weight excluding hydrogens is 316 g/mol. The Morgan fingerprint density at radius 2 is 1.92 bits per heavy atom. The summed E-state index contributed by atoms with van der Waals surface area (Å²) in [5.74, 6) is 0.603. The Bertz CT molecular complexity index is 922. The molecule has 2 aromatic carbocycles. The number of hydrogen-bond acceptors (Lipinski definition) is 4. The number of carbonyl (C=O) groups excluding carboxylic acids is 1. The van der Waals surface area contributed by atoms with E-state index in [1.54, 1.807) is 49.8 Å². The Morgan fingerprint density at radius 3 is 2.68 bits per heavy atom. The highest BCUT2D eigenvalue weighted by molar-refractivity contribution is 6.04. The zero-order valence-electron chi connectivity index (χ0n) is 14.0. The third-order valence-corrected chi connectivity index (χ3v) is 3.85. The second-order valence-corrected chi connectivity index (χ2v) is 5.65. The van der Waals surface area contributed by atoms with Gasteiger partial charge in [0.1, 0.15) is 11.5 Å². The van der Waals surface area contributed by atoms with Gasteiger partial charge in [0.25, 0.3) is 5.91 Å². The van der Waals surface area contributed by atoms with E-state index in [0.717, 1.165) is 16.7 Å². The number of aromatic hydroxyl groups is 1. The van der Waals surface area contributed by atoms with E-state index < -0.39 is 0 Å². The minimum absolute atomic E-state index is 0.179. The number of nitrogens with one attached hydrogen (secondary N) is 1. The summed E-state index contributed by atoms with van der Waals surface area (Å²) in [6.07, 6.45) is 3.26. The van der Waals surface area contributed by atoms with E-state index in [4.69, 9.17) is 4.74 Å². The van der Waals surface area contributed by atoms with Crippen LogP contribution in [0.4, 0.5) is 5.69 Å². The number of rotatable bonds is 4. The van der Waals surface area contributed by atoms with Crippen LogP contribution in [0, 0.1) is 6.92 Å². The van der Waals surface area contributed by atoms with E-state index in [2.05, 4.69) is 10.3 Å². The van der Waals surface area contributed by atoms with E-state index >= 15 is 0 Å². The number of hydrogen-bond donors (Lipinski definition) is 2. The highest BCUT2D eigenvalue weighted by Gasteiger charge is 2.10. The van der Waals surface area contributed by atoms with Crippen molar-refractivity contribution in [1.29, 1.82) is 0 Å². The number of anilines is 1. The van der Waals surface area contributed by atoms with Crippen LogP contribution in [-0.2, 0) is 0 Å². The maximum atomic E-state index is 12.5. The fourth-order valence-electron chi connectivity index (χ4n) is 2.52. The predicted molar refractivity (Wildman–Crippen MR) is 97.0 cm³/mol. The third kappa shape index (κ3) is 3.77. The van der Waals surface area contributed by atoms with Crippen LogP contribution >= 0.6 is 0 Å². The third-order valence-electron chi connectivity index (χ3n) is 3.85. The van der Waals surface area contributed by atoms with Crippen LogP contribution in [0.15, 0.2) is 60.9 Å². The van der Waals surface area contributed by atoms with Crippen molar-refractivity contribution in [3.05, 3.63) is 72.1 Å². The number of aryl methyl sites for hydroxylation is 1. The number of aromatic nitrogens is 1. The van der Waals surface area contributed by atoms with E-state index in [1.807, 2.05) is 25.1 Å². The van der Waals surface area contributed by atoms with Gasteiger partial charge in [-0.25, -0.2) is 0 Å². The molecule has 25 heavy (non-hydrogen) atoms. The number of carbonyl (C=O) groups is 1. The Balaban J connectivity index is 1.83. The normalized spacial score (nSPS) is 10.3. The van der Waals surface area contributed by atoms with Crippen molar-refractivity contribution in [2.75, 3.05) is 12.4 Å². The van der Waals surface area contributed by atoms with Crippen LogP contribution < -0.4 is 10.1 Å². The summed E-state index contributed by atoms with van der Waals surface area (Å²) in [6.45, 7) is 1.92. The van der Waals surface area contributed by atoms with Gasteiger partial charge in [-0.2, -0.15) is 0 Å². The fourth-order valence-corrected chi connectivity index (χ4v) is 2.52. The molecule has 5 nitrogen and oxygen atoms in total. The Kier molecular flexibility index (Phi) is 4.66. The highest BCUT2D eigenvalue weighted by atomic mass is 16.5. The molecule has 0 unspecified atom stereocenters. The lowest BCUT2D eigenvalue weighted by atomic mass is 10.1. The van der Waals surface area contributed by atoms with Crippen LogP contribution in [0.25, 0.3) is 11.1 Å². The molecule has 0 saturated carbocycles. The lowest BCUT2D eigenvalue weighted by Gasteiger charge is -2.10. The van der Waals surface area contributed by atoms with Crippen molar-refractivity contribution in [2.24, 2.45) is 0 Å². The van der Waals surface area contributed by atoms with Gasteiger partial charge in [0, 0.05) is 17.3 Å². The molecule has 0 spiro atoms. The highest BCUT2D eigenvalue weighted by Crippen LogP contribution is 2.25. The van der Waals surface area contributed by atoms with Crippen molar-refractivity contribution in [3.63, 3.8) is 0 Å². The average Bonchev–Trinajstić information content (AvgIpc) is 2.62. The van der Waals surface area contributed by atoms with Gasteiger partial charge in [-0.05, 0) is 48.4 Å². The van der Waals surface area contributed by atoms with E-state index in [-0.39, 0.29) is 11.7 Å². The number of phenolic OH excluding ortho intramolecular Hbond substituents is 1. The number of ether oxygens (including phenoxy) is 1. The first kappa shape index (κ1) is 16.5. The van der Waals surface area contributed by atoms with Gasteiger partial charge < -0.3 is 15.2 Å². The quantitative estimate of drug-likeness (QED) is 0.756. The number of phenols is 1. The number of pyridine rings is 1. The zero-order valence-corrected chi connectivity index (χ0v) is 14.0. The monoisotopic (exact) mass is 334 g/mol. The molecule has 0 aliphatic carbocycles. The van der Waals surface area contributed by atoms with Crippen LogP contribution in [0.1, 0.15) is 15.9 Å². The second kappa shape index (κ2) is 7.05. The predicted octanol–water partition coefficient (Wildman–Crippen LogP) is 4.02. The number of amides is 1. The summed E-state index contributed by atoms with van der Waals surface area (Å²) in [5.41, 5.74) is 3.66. The average molecular weight is 334 g/mol. The van der Waals surface area contributed by atoms with Crippen molar-refractivity contribution < 1.29 is 14.6 Å². The maximum Gasteiger partial charge on any atom is 0.255 e. The first-order valence-corrected chi connectivity index (χ1v) is 7.77. The number of benzene rings is 2. The number of methoxy groups -OCH3 is 1. The van der Waals surface area contributed by atoms with Gasteiger partial charge in [-0.15, -0.1) is 0 Å². The molecule has 3 aromatic rings. The summed E-state index contributed by atoms with van der Waals surface area (Å²) >= 11 is 0. The first-order chi connectivity index (χ1) is 12.1. The Hall–Kier alpha value is -3.34. The lowest BCUT2D eigenvalue weighted by molar-refractivity contribution is 0.102. The van der Waals surface area contributed by atoms with E-state index in [1.165, 1.54) is 0 Å². The summed E-state index contributed by atoms with van der Waals surface area (Å²) in [5, 5.41) is 12.4. The Labute approximate surface area is 145 Å². The molecule has 0 saturated heterocycles. The summed E-state index contributed by atoms with van der Waals surface area (Å²) in [7, 11) is 1.58. The molecular formula is C20H18N2O3. The van der Waals surface area contributed by atoms with E-state index in [9.17, 15) is 9.90 Å². The molecule has 126 valence electrons. The fraction of sp³-hybridized carbons (Fsp3) is 0.100. The van der Waals surface area contributed by atoms with Crippen molar-refractivity contribution >= 4 is 11.6 Å². The summed E-state index contributed by atoms with van der Waals surface area (Å²) in [6, 6.07) is 14.0. The molecule has 0 bridgehead atoms. The van der Waals surface area contributed by atoms with Gasteiger partial charge in [-0.1, -0.05) is 18.2 Å². The molecule has 1 aromatic heterocycles. The molecule has 2 N–H and O–H groups in total. The minimum Gasteiger partial charge on any atom is -0.508 e. The van der Waals surface area contributed by atoms with Gasteiger partial charge >= 0.3 is 0 Å². The number of nitrogens with zero attached hydrogens (tertiary/aromatic N) is 1. The van der Waals surface area contributed by atoms with Gasteiger partial charge in [-0.3, -0.25) is 9.78 Å². The Morgan fingerprint density at radius 1 is 1.08 bits per heavy atom. The maximum absolute atomic E-state index is 12.5. The standard InChI is InChI=1S/C20H18N2O3/c1-13-6-7-15(10-19(13)25-2)20(24)22-17-8-16(11-21-12-17)14-4-3-5-18(23)9-14/h3-12,23H,1-2H3,(H,22,24). The van der Waals surface area contributed by atoms with Gasteiger partial charge in [0.15, 0.2) is 0 Å². The van der Waals surface area contributed by atoms with Gasteiger partial charge in [0.05, 0.1) is 19.0 Å². The minimum atomic E-state index is -0.242. The SMILES string of the molecule is COc1cc(C(=O)Nc2cncc(-c3cccc(O)c3)c2)ccc1C. The smallest absolute Gasteiger partial charge is 0.255 e. The first-order valence-electron chi connectivity index (χ1n) is 7.77. The van der Waals surface area contributed by atoms with Crippen LogP contribution in [0.2, 0.25) is 0 Å². The zero-order chi connectivity index (χ0) is 17.8. The molecule has 0 radical (unpaired) electrons. The van der Waals surface area contributed by atoms with Crippen molar-refractivity contribution in [2.45, 2.75) is 6.92 Å². The summed E-state index contributed by atoms with van der Waals surface area (Å²) in [4.78, 5) is 16.6. The molecule has 0 aliphatic heterocycles. The topological polar surface area (TPSA) is 71.5 Å². The summed E-state index contributed by atoms with van der Waals surface area (Å²) < 4.78 is 5.26. The van der Waals surface area contributed by atoms with Crippen molar-refractivity contribution in [3.8, 4) is 22.6 Å². The van der Waals surface area contributed by atoms with Crippen LogP contribution in [-0.4, -0.2) is 23.1 Å². The molecule has 1 heterocycles.